The van der Waals surface area contributed by atoms with E-state index >= 15 is 0 Å². The fourth-order valence-corrected chi connectivity index (χ4v) is 3.34. The molecule has 138 valence electrons. The Morgan fingerprint density at radius 2 is 2.00 bits per heavy atom. The maximum Gasteiger partial charge on any atom is 0.342 e. The minimum Gasteiger partial charge on any atom is -0.452 e. The third-order valence-electron chi connectivity index (χ3n) is 4.77. The van der Waals surface area contributed by atoms with Crippen molar-refractivity contribution in [1.29, 1.82) is 0 Å². The zero-order chi connectivity index (χ0) is 18.8. The third kappa shape index (κ3) is 3.25. The number of carbonyl (C=O) groups excluding carboxylic acids is 2. The molecule has 0 saturated heterocycles. The predicted molar refractivity (Wildman–Crippen MR) is 96.0 cm³/mol. The summed E-state index contributed by atoms with van der Waals surface area (Å²) in [5.41, 5.74) is 3.35. The molecule has 2 aromatic heterocycles. The van der Waals surface area contributed by atoms with Gasteiger partial charge in [-0.15, -0.1) is 0 Å². The van der Waals surface area contributed by atoms with E-state index in [2.05, 4.69) is 21.1 Å². The highest BCUT2D eigenvalue weighted by atomic mass is 16.5. The van der Waals surface area contributed by atoms with Gasteiger partial charge < -0.3 is 9.64 Å². The summed E-state index contributed by atoms with van der Waals surface area (Å²) in [6.07, 6.45) is 4.17. The first kappa shape index (κ1) is 17.1. The Bertz CT molecular complexity index is 1010. The van der Waals surface area contributed by atoms with Crippen LogP contribution in [0.1, 0.15) is 34.1 Å². The molecular formula is C19H19N5O3. The molecule has 0 radical (unpaired) electrons. The first-order valence-electron chi connectivity index (χ1n) is 8.86. The molecule has 1 aliphatic rings. The van der Waals surface area contributed by atoms with Gasteiger partial charge in [0.1, 0.15) is 6.33 Å². The number of amides is 1. The zero-order valence-electron chi connectivity index (χ0n) is 15.0. The number of aryl methyl sites for hydroxylation is 1. The van der Waals surface area contributed by atoms with Gasteiger partial charge in [-0.1, -0.05) is 31.2 Å². The van der Waals surface area contributed by atoms with Gasteiger partial charge in [-0.3, -0.25) is 4.79 Å². The van der Waals surface area contributed by atoms with Gasteiger partial charge in [0.05, 0.1) is 11.3 Å². The molecule has 3 aromatic rings. The fraction of sp³-hybridized carbons (Fsp3) is 0.316. The number of ether oxygens (including phenoxy) is 1. The van der Waals surface area contributed by atoms with Crippen LogP contribution in [0.15, 0.2) is 36.8 Å². The van der Waals surface area contributed by atoms with Crippen LogP contribution < -0.4 is 0 Å². The second kappa shape index (κ2) is 7.14. The van der Waals surface area contributed by atoms with Crippen LogP contribution in [0.3, 0.4) is 0 Å². The number of benzene rings is 1. The summed E-state index contributed by atoms with van der Waals surface area (Å²) in [6.45, 7) is 2.78. The van der Waals surface area contributed by atoms with E-state index in [4.69, 9.17) is 4.74 Å². The first-order valence-corrected chi connectivity index (χ1v) is 8.86. The number of hydrogen-bond donors (Lipinski definition) is 0. The van der Waals surface area contributed by atoms with Crippen molar-refractivity contribution in [3.63, 3.8) is 0 Å². The van der Waals surface area contributed by atoms with E-state index in [1.807, 2.05) is 25.1 Å². The minimum atomic E-state index is -0.581. The van der Waals surface area contributed by atoms with E-state index in [0.717, 1.165) is 12.0 Å². The lowest BCUT2D eigenvalue weighted by Crippen LogP contribution is -2.38. The maximum atomic E-state index is 12.5. The van der Waals surface area contributed by atoms with Gasteiger partial charge in [0, 0.05) is 19.3 Å². The molecule has 3 heterocycles. The molecule has 0 aliphatic carbocycles. The summed E-state index contributed by atoms with van der Waals surface area (Å²) in [4.78, 5) is 34.8. The second-order valence-corrected chi connectivity index (χ2v) is 6.35. The monoisotopic (exact) mass is 365 g/mol. The molecule has 1 aromatic carbocycles. The molecular weight excluding hydrogens is 346 g/mol. The van der Waals surface area contributed by atoms with Crippen molar-refractivity contribution in [1.82, 2.24) is 24.5 Å². The highest BCUT2D eigenvalue weighted by Gasteiger charge is 2.23. The second-order valence-electron chi connectivity index (χ2n) is 6.35. The number of rotatable bonds is 4. The van der Waals surface area contributed by atoms with Gasteiger partial charge >= 0.3 is 5.97 Å². The van der Waals surface area contributed by atoms with E-state index in [1.54, 1.807) is 4.90 Å². The van der Waals surface area contributed by atoms with E-state index < -0.39 is 5.97 Å². The van der Waals surface area contributed by atoms with Crippen LogP contribution in [0.5, 0.6) is 0 Å². The summed E-state index contributed by atoms with van der Waals surface area (Å²) in [7, 11) is 0. The van der Waals surface area contributed by atoms with Crippen molar-refractivity contribution in [2.45, 2.75) is 26.3 Å². The lowest BCUT2D eigenvalue weighted by Gasteiger charge is -2.28. The van der Waals surface area contributed by atoms with Crippen molar-refractivity contribution in [3.05, 3.63) is 59.2 Å². The number of esters is 1. The van der Waals surface area contributed by atoms with Gasteiger partial charge in [0.25, 0.3) is 11.7 Å². The first-order chi connectivity index (χ1) is 13.2. The number of hydrogen-bond acceptors (Lipinski definition) is 6. The van der Waals surface area contributed by atoms with Crippen molar-refractivity contribution in [2.75, 3.05) is 13.2 Å². The third-order valence-corrected chi connectivity index (χ3v) is 4.77. The Kier molecular flexibility index (Phi) is 4.53. The Labute approximate surface area is 155 Å². The van der Waals surface area contributed by atoms with Crippen LogP contribution in [0, 0.1) is 0 Å². The summed E-state index contributed by atoms with van der Waals surface area (Å²) < 4.78 is 6.78. The Balaban J connectivity index is 1.43. The quantitative estimate of drug-likeness (QED) is 0.650. The van der Waals surface area contributed by atoms with Crippen LogP contribution in [0.2, 0.25) is 0 Å². The maximum absolute atomic E-state index is 12.5. The number of fused-ring (bicyclic) bond motifs is 2. The normalized spacial score (nSPS) is 13.4. The zero-order valence-corrected chi connectivity index (χ0v) is 15.0. The topological polar surface area (TPSA) is 89.7 Å². The summed E-state index contributed by atoms with van der Waals surface area (Å²) >= 11 is 0. The molecule has 8 nitrogen and oxygen atoms in total. The van der Waals surface area contributed by atoms with Gasteiger partial charge in [-0.2, -0.15) is 10.1 Å². The van der Waals surface area contributed by atoms with Gasteiger partial charge in [-0.05, 0) is 24.0 Å². The van der Waals surface area contributed by atoms with Crippen LogP contribution in [0.4, 0.5) is 0 Å². The highest BCUT2D eigenvalue weighted by Crippen LogP contribution is 2.18. The van der Waals surface area contributed by atoms with Crippen LogP contribution in [-0.4, -0.2) is 49.5 Å². The van der Waals surface area contributed by atoms with Crippen LogP contribution in [-0.2, 0) is 28.9 Å². The Hall–Kier alpha value is -3.29. The largest absolute Gasteiger partial charge is 0.452 e. The fourth-order valence-electron chi connectivity index (χ4n) is 3.34. The van der Waals surface area contributed by atoms with Gasteiger partial charge in [0.2, 0.25) is 0 Å². The molecule has 0 unspecified atom stereocenters. The molecule has 0 bridgehead atoms. The lowest BCUT2D eigenvalue weighted by molar-refractivity contribution is -0.135. The van der Waals surface area contributed by atoms with Crippen LogP contribution in [0.25, 0.3) is 5.78 Å². The van der Waals surface area contributed by atoms with E-state index in [1.165, 1.54) is 22.6 Å². The molecule has 0 N–H and O–H groups in total. The SMILES string of the molecule is CCc1c(C(=O)OCC(=O)N2CCc3ccccc3C2)cnc2ncnn12. The van der Waals surface area contributed by atoms with E-state index in [0.29, 0.717) is 36.5 Å². The van der Waals surface area contributed by atoms with Gasteiger partial charge in [-0.25, -0.2) is 14.3 Å². The van der Waals surface area contributed by atoms with E-state index in [9.17, 15) is 9.59 Å². The summed E-state index contributed by atoms with van der Waals surface area (Å²) in [5, 5.41) is 4.08. The lowest BCUT2D eigenvalue weighted by atomic mass is 10.00. The van der Waals surface area contributed by atoms with Crippen molar-refractivity contribution in [2.24, 2.45) is 0 Å². The molecule has 1 aliphatic heterocycles. The molecule has 27 heavy (non-hydrogen) atoms. The smallest absolute Gasteiger partial charge is 0.342 e. The standard InChI is InChI=1S/C19H19N5O3/c1-2-16-15(9-20-19-21-12-22-24(16)19)18(26)27-11-17(25)23-8-7-13-5-3-4-6-14(13)10-23/h3-6,9,12H,2,7-8,10-11H2,1H3. The molecule has 1 amide bonds. The van der Waals surface area contributed by atoms with Crippen molar-refractivity contribution < 1.29 is 14.3 Å². The molecule has 0 saturated carbocycles. The average molecular weight is 365 g/mol. The molecule has 8 heteroatoms. The number of aromatic nitrogens is 4. The molecule has 0 spiro atoms. The summed E-state index contributed by atoms with van der Waals surface area (Å²) in [6, 6.07) is 8.07. The van der Waals surface area contributed by atoms with Gasteiger partial charge in [0.15, 0.2) is 6.61 Å². The Morgan fingerprint density at radius 1 is 1.19 bits per heavy atom. The summed E-state index contributed by atoms with van der Waals surface area (Å²) in [5.74, 6) is -0.361. The minimum absolute atomic E-state index is 0.203. The Morgan fingerprint density at radius 3 is 2.81 bits per heavy atom. The van der Waals surface area contributed by atoms with Crippen molar-refractivity contribution >= 4 is 17.7 Å². The molecule has 0 fully saturated rings. The number of nitrogens with zero attached hydrogens (tertiary/aromatic N) is 5. The predicted octanol–water partition coefficient (Wildman–Crippen LogP) is 1.43. The molecule has 4 rings (SSSR count). The highest BCUT2D eigenvalue weighted by molar-refractivity contribution is 5.92. The van der Waals surface area contributed by atoms with Crippen molar-refractivity contribution in [3.8, 4) is 0 Å². The van der Waals surface area contributed by atoms with Crippen LogP contribution >= 0.6 is 0 Å². The number of carbonyl (C=O) groups is 2. The average Bonchev–Trinajstić information content (AvgIpc) is 3.19. The molecule has 0 atom stereocenters. The van der Waals surface area contributed by atoms with E-state index in [-0.39, 0.29) is 12.5 Å².